The molecule has 196 valence electrons. The summed E-state index contributed by atoms with van der Waals surface area (Å²) >= 11 is 13.9. The molecular weight excluding hydrogens is 549 g/mol. The van der Waals surface area contributed by atoms with Crippen LogP contribution in [0.5, 0.6) is 0 Å². The van der Waals surface area contributed by atoms with E-state index in [1.165, 1.54) is 54.1 Å². The lowest BCUT2D eigenvalue weighted by atomic mass is 10.2. The van der Waals surface area contributed by atoms with Gasteiger partial charge in [-0.15, -0.1) is 0 Å². The molecule has 0 aliphatic heterocycles. The molecule has 3 rings (SSSR count). The molecule has 1 heterocycles. The van der Waals surface area contributed by atoms with Crippen molar-refractivity contribution in [2.24, 2.45) is 4.99 Å². The summed E-state index contributed by atoms with van der Waals surface area (Å²) in [5, 5.41) is 0.768. The number of rotatable bonds is 12. The van der Waals surface area contributed by atoms with Crippen LogP contribution in [-0.2, 0) is 30.8 Å². The minimum absolute atomic E-state index is 0.0599. The molecular formula is C23H27Cl2N3O6S2. The molecule has 1 aromatic heterocycles. The highest BCUT2D eigenvalue weighted by Crippen LogP contribution is 2.32. The van der Waals surface area contributed by atoms with E-state index >= 15 is 0 Å². The fourth-order valence-electron chi connectivity index (χ4n) is 3.39. The topological polar surface area (TPSA) is 99.4 Å². The van der Waals surface area contributed by atoms with Crippen LogP contribution >= 0.6 is 34.5 Å². The predicted molar refractivity (Wildman–Crippen MR) is 141 cm³/mol. The van der Waals surface area contributed by atoms with Gasteiger partial charge in [-0.2, -0.15) is 9.30 Å². The Labute approximate surface area is 223 Å². The van der Waals surface area contributed by atoms with Gasteiger partial charge >= 0.3 is 0 Å². The van der Waals surface area contributed by atoms with Crippen molar-refractivity contribution < 1.29 is 27.4 Å². The highest BCUT2D eigenvalue weighted by molar-refractivity contribution is 7.89. The fourth-order valence-corrected chi connectivity index (χ4v) is 6.33. The smallest absolute Gasteiger partial charge is 0.279 e. The Bertz CT molecular complexity index is 1360. The molecule has 3 aromatic rings. The Morgan fingerprint density at radius 2 is 1.58 bits per heavy atom. The maximum atomic E-state index is 13.1. The summed E-state index contributed by atoms with van der Waals surface area (Å²) in [6.07, 6.45) is 0. The molecule has 0 fully saturated rings. The second-order valence-electron chi connectivity index (χ2n) is 7.57. The summed E-state index contributed by atoms with van der Waals surface area (Å²) in [7, 11) is 0.781. The molecule has 13 heteroatoms. The molecule has 2 aromatic carbocycles. The van der Waals surface area contributed by atoms with Crippen molar-refractivity contribution >= 4 is 60.7 Å². The van der Waals surface area contributed by atoms with Crippen LogP contribution in [-0.4, -0.2) is 77.4 Å². The van der Waals surface area contributed by atoms with E-state index in [-0.39, 0.29) is 36.8 Å². The molecule has 0 unspecified atom stereocenters. The molecule has 1 amide bonds. The lowest BCUT2D eigenvalue weighted by Gasteiger charge is -2.21. The maximum absolute atomic E-state index is 13.1. The van der Waals surface area contributed by atoms with Gasteiger partial charge in [0.05, 0.1) is 45.0 Å². The third-order valence-corrected chi connectivity index (χ3v) is 9.03. The van der Waals surface area contributed by atoms with Gasteiger partial charge in [-0.25, -0.2) is 8.42 Å². The minimum atomic E-state index is -3.80. The summed E-state index contributed by atoms with van der Waals surface area (Å²) in [6, 6.07) is 9.19. The summed E-state index contributed by atoms with van der Waals surface area (Å²) in [5.74, 6) is -0.519. The van der Waals surface area contributed by atoms with Gasteiger partial charge in [-0.3, -0.25) is 4.79 Å². The van der Waals surface area contributed by atoms with Gasteiger partial charge in [-0.05, 0) is 36.4 Å². The number of nitrogens with zero attached hydrogens (tertiary/aromatic N) is 3. The van der Waals surface area contributed by atoms with Crippen molar-refractivity contribution in [3.05, 3.63) is 56.8 Å². The van der Waals surface area contributed by atoms with E-state index in [4.69, 9.17) is 37.4 Å². The molecule has 0 N–H and O–H groups in total. The van der Waals surface area contributed by atoms with E-state index in [1.54, 1.807) is 17.7 Å². The average molecular weight is 577 g/mol. The number of thiazole rings is 1. The summed E-state index contributed by atoms with van der Waals surface area (Å²) in [5.41, 5.74) is 0.917. The lowest BCUT2D eigenvalue weighted by Crippen LogP contribution is -2.36. The normalized spacial score (nSPS) is 12.7. The zero-order valence-corrected chi connectivity index (χ0v) is 23.2. The third kappa shape index (κ3) is 6.53. The highest BCUT2D eigenvalue weighted by Gasteiger charge is 2.24. The standard InChI is InChI=1S/C23H27Cl2N3O6S2/c1-32-13-10-27(11-14-33-2)36(30,31)17-6-4-16(5-7-17)22(29)26-23-28(12-15-34-3)21-19(35-23)9-8-18(24)20(21)25/h4-9H,10-15H2,1-3H3. The molecule has 0 aliphatic rings. The first-order valence-electron chi connectivity index (χ1n) is 10.9. The van der Waals surface area contributed by atoms with Crippen LogP contribution in [0.15, 0.2) is 46.3 Å². The van der Waals surface area contributed by atoms with Crippen molar-refractivity contribution in [3.63, 3.8) is 0 Å². The van der Waals surface area contributed by atoms with Gasteiger partial charge in [0.1, 0.15) is 0 Å². The van der Waals surface area contributed by atoms with Crippen LogP contribution in [0.1, 0.15) is 10.4 Å². The van der Waals surface area contributed by atoms with Crippen molar-refractivity contribution in [1.29, 1.82) is 0 Å². The summed E-state index contributed by atoms with van der Waals surface area (Å²) < 4.78 is 45.3. The van der Waals surface area contributed by atoms with Crippen LogP contribution in [0.4, 0.5) is 0 Å². The Morgan fingerprint density at radius 3 is 2.17 bits per heavy atom. The lowest BCUT2D eigenvalue weighted by molar-refractivity contribution is 0.0997. The van der Waals surface area contributed by atoms with Crippen molar-refractivity contribution in [2.45, 2.75) is 11.4 Å². The molecule has 9 nitrogen and oxygen atoms in total. The fraction of sp³-hybridized carbons (Fsp3) is 0.391. The molecule has 36 heavy (non-hydrogen) atoms. The third-order valence-electron chi connectivity index (χ3n) is 5.28. The first-order chi connectivity index (χ1) is 17.2. The van der Waals surface area contributed by atoms with Crippen LogP contribution < -0.4 is 4.80 Å². The van der Waals surface area contributed by atoms with E-state index < -0.39 is 15.9 Å². The molecule has 0 bridgehead atoms. The number of hydrogen-bond acceptors (Lipinski definition) is 7. The van der Waals surface area contributed by atoms with Crippen molar-refractivity contribution in [1.82, 2.24) is 8.87 Å². The Morgan fingerprint density at radius 1 is 0.972 bits per heavy atom. The minimum Gasteiger partial charge on any atom is -0.383 e. The first-order valence-corrected chi connectivity index (χ1v) is 13.9. The molecule has 0 aliphatic carbocycles. The van der Waals surface area contributed by atoms with Crippen LogP contribution in [0.3, 0.4) is 0 Å². The predicted octanol–water partition coefficient (Wildman–Crippen LogP) is 3.68. The van der Waals surface area contributed by atoms with E-state index in [1.807, 2.05) is 6.07 Å². The number of amides is 1. The number of aromatic nitrogens is 1. The molecule has 0 saturated heterocycles. The molecule has 0 radical (unpaired) electrons. The van der Waals surface area contributed by atoms with Crippen molar-refractivity contribution in [2.75, 3.05) is 54.2 Å². The van der Waals surface area contributed by atoms with E-state index in [0.717, 1.165) is 4.70 Å². The summed E-state index contributed by atoms with van der Waals surface area (Å²) in [6.45, 7) is 1.64. The number of methoxy groups -OCH3 is 3. The Balaban J connectivity index is 1.94. The van der Waals surface area contributed by atoms with Gasteiger partial charge in [0.15, 0.2) is 4.80 Å². The van der Waals surface area contributed by atoms with Gasteiger partial charge < -0.3 is 18.8 Å². The molecule has 0 spiro atoms. The SMILES string of the molecule is COCCN(CCOC)S(=O)(=O)c1ccc(C(=O)N=c2sc3ccc(Cl)c(Cl)c3n2CCOC)cc1. The number of benzene rings is 2. The average Bonchev–Trinajstić information content (AvgIpc) is 3.22. The van der Waals surface area contributed by atoms with Gasteiger partial charge in [0, 0.05) is 46.5 Å². The van der Waals surface area contributed by atoms with Crippen molar-refractivity contribution in [3.8, 4) is 0 Å². The Kier molecular flexibility index (Phi) is 10.5. The number of hydrogen-bond donors (Lipinski definition) is 0. The highest BCUT2D eigenvalue weighted by atomic mass is 35.5. The largest absolute Gasteiger partial charge is 0.383 e. The number of fused-ring (bicyclic) bond motifs is 1. The monoisotopic (exact) mass is 575 g/mol. The first kappa shape index (κ1) is 28.7. The van der Waals surface area contributed by atoms with Gasteiger partial charge in [0.25, 0.3) is 5.91 Å². The van der Waals surface area contributed by atoms with E-state index in [0.29, 0.717) is 33.5 Å². The Hall–Kier alpha value is -1.83. The maximum Gasteiger partial charge on any atom is 0.279 e. The van der Waals surface area contributed by atoms with Crippen LogP contribution in [0, 0.1) is 0 Å². The second-order valence-corrected chi connectivity index (χ2v) is 11.3. The van der Waals surface area contributed by atoms with Gasteiger partial charge in [0.2, 0.25) is 10.0 Å². The number of ether oxygens (including phenoxy) is 3. The zero-order chi connectivity index (χ0) is 26.3. The van der Waals surface area contributed by atoms with Crippen LogP contribution in [0.2, 0.25) is 10.0 Å². The zero-order valence-electron chi connectivity index (χ0n) is 20.1. The number of carbonyl (C=O) groups is 1. The molecule has 0 saturated carbocycles. The van der Waals surface area contributed by atoms with Crippen LogP contribution in [0.25, 0.3) is 10.2 Å². The molecule has 0 atom stereocenters. The quantitative estimate of drug-likeness (QED) is 0.326. The second kappa shape index (κ2) is 13.1. The number of halogens is 2. The van der Waals surface area contributed by atoms with E-state index in [9.17, 15) is 13.2 Å². The summed E-state index contributed by atoms with van der Waals surface area (Å²) in [4.78, 5) is 17.8. The van der Waals surface area contributed by atoms with E-state index in [2.05, 4.69) is 4.99 Å². The number of sulfonamides is 1. The van der Waals surface area contributed by atoms with Gasteiger partial charge in [-0.1, -0.05) is 34.5 Å². The number of carbonyl (C=O) groups excluding carboxylic acids is 1.